The van der Waals surface area contributed by atoms with Crippen LogP contribution >= 0.6 is 35.6 Å². The zero-order valence-electron chi connectivity index (χ0n) is 22.2. The average Bonchev–Trinajstić information content (AvgIpc) is 2.92. The minimum Gasteiger partial charge on any atom is -0.494 e. The van der Waals surface area contributed by atoms with Gasteiger partial charge in [0.1, 0.15) is 11.5 Å². The number of unbranched alkanes of at least 4 members (excludes halogenated alkanes) is 1. The number of ether oxygens (including phenoxy) is 3. The van der Waals surface area contributed by atoms with Gasteiger partial charge in [-0.05, 0) is 57.0 Å². The van der Waals surface area contributed by atoms with Crippen LogP contribution in [0.1, 0.15) is 32.6 Å². The molecule has 2 aromatic rings. The van der Waals surface area contributed by atoms with Gasteiger partial charge in [-0.1, -0.05) is 29.3 Å². The van der Waals surface area contributed by atoms with E-state index in [9.17, 15) is 9.59 Å². The molecule has 8 nitrogen and oxygen atoms in total. The van der Waals surface area contributed by atoms with Crippen molar-refractivity contribution in [2.45, 2.75) is 32.6 Å². The van der Waals surface area contributed by atoms with E-state index in [4.69, 9.17) is 37.4 Å². The normalized spacial score (nSPS) is 15.3. The van der Waals surface area contributed by atoms with E-state index in [1.165, 1.54) is 0 Å². The molecule has 4 rings (SSSR count). The molecule has 0 unspecified atom stereocenters. The van der Waals surface area contributed by atoms with E-state index in [-0.39, 0.29) is 37.3 Å². The molecule has 0 radical (unpaired) electrons. The van der Waals surface area contributed by atoms with Gasteiger partial charge in [-0.2, -0.15) is 0 Å². The fourth-order valence-corrected chi connectivity index (χ4v) is 5.12. The highest BCUT2D eigenvalue weighted by molar-refractivity contribution is 6.43. The Bertz CT molecular complexity index is 1110. The number of nitrogens with zero attached hydrogens (tertiary/aromatic N) is 3. The lowest BCUT2D eigenvalue weighted by Gasteiger charge is -2.36. The highest BCUT2D eigenvalue weighted by Gasteiger charge is 2.26. The highest BCUT2D eigenvalue weighted by Crippen LogP contribution is 2.36. The molecular weight excluding hydrogens is 565 g/mol. The van der Waals surface area contributed by atoms with E-state index in [1.54, 1.807) is 11.8 Å². The average molecular weight is 601 g/mol. The molecule has 0 N–H and O–H groups in total. The van der Waals surface area contributed by atoms with Crippen molar-refractivity contribution in [3.8, 4) is 11.5 Å². The second-order valence-corrected chi connectivity index (χ2v) is 10.1. The van der Waals surface area contributed by atoms with E-state index >= 15 is 0 Å². The number of fused-ring (bicyclic) bond motifs is 1. The molecule has 1 saturated heterocycles. The summed E-state index contributed by atoms with van der Waals surface area (Å²) in [5.41, 5.74) is 1.68. The van der Waals surface area contributed by atoms with Gasteiger partial charge in [0.2, 0.25) is 0 Å². The summed E-state index contributed by atoms with van der Waals surface area (Å²) in [6.07, 6.45) is 2.75. The third kappa shape index (κ3) is 8.55. The summed E-state index contributed by atoms with van der Waals surface area (Å²) in [5, 5.41) is 1.21. The fraction of sp³-hybridized carbons (Fsp3) is 0.500. The van der Waals surface area contributed by atoms with Crippen LogP contribution in [-0.2, 0) is 14.3 Å². The summed E-state index contributed by atoms with van der Waals surface area (Å²) >= 11 is 12.6. The first-order chi connectivity index (χ1) is 18.5. The Hall–Kier alpha value is -2.39. The Morgan fingerprint density at radius 1 is 1.00 bits per heavy atom. The Labute approximate surface area is 246 Å². The number of hydrogen-bond acceptors (Lipinski definition) is 7. The first kappa shape index (κ1) is 31.1. The molecule has 2 heterocycles. The largest absolute Gasteiger partial charge is 0.494 e. The third-order valence-electron chi connectivity index (χ3n) is 6.72. The van der Waals surface area contributed by atoms with Crippen LogP contribution in [0.2, 0.25) is 10.0 Å². The number of halogens is 3. The lowest BCUT2D eigenvalue weighted by atomic mass is 10.2. The second kappa shape index (κ2) is 15.4. The summed E-state index contributed by atoms with van der Waals surface area (Å²) in [6.45, 7) is 7.96. The SMILES string of the molecule is CCOC(=O)CCCN1C(=O)COc2ccc(OCCCCN3CCN(c4cccc(Cl)c4Cl)CC3)cc21.Cl. The number of piperazine rings is 1. The molecule has 11 heteroatoms. The minimum atomic E-state index is -0.252. The smallest absolute Gasteiger partial charge is 0.305 e. The molecule has 39 heavy (non-hydrogen) atoms. The Kier molecular flexibility index (Phi) is 12.3. The number of anilines is 2. The molecule has 214 valence electrons. The highest BCUT2D eigenvalue weighted by atomic mass is 35.5. The van der Waals surface area contributed by atoms with Gasteiger partial charge >= 0.3 is 5.97 Å². The zero-order chi connectivity index (χ0) is 26.9. The summed E-state index contributed by atoms with van der Waals surface area (Å²) in [7, 11) is 0. The number of hydrogen-bond donors (Lipinski definition) is 0. The number of carbonyl (C=O) groups excluding carboxylic acids is 2. The zero-order valence-corrected chi connectivity index (χ0v) is 24.5. The van der Waals surface area contributed by atoms with Crippen LogP contribution in [0.15, 0.2) is 36.4 Å². The first-order valence-corrected chi connectivity index (χ1v) is 14.0. The minimum absolute atomic E-state index is 0. The number of rotatable bonds is 12. The lowest BCUT2D eigenvalue weighted by molar-refractivity contribution is -0.143. The second-order valence-electron chi connectivity index (χ2n) is 9.33. The van der Waals surface area contributed by atoms with Crippen LogP contribution < -0.4 is 19.3 Å². The summed E-state index contributed by atoms with van der Waals surface area (Å²) < 4.78 is 16.6. The van der Waals surface area contributed by atoms with Gasteiger partial charge in [-0.3, -0.25) is 14.5 Å². The van der Waals surface area contributed by atoms with E-state index in [1.807, 2.05) is 36.4 Å². The maximum atomic E-state index is 12.5. The molecule has 0 saturated carbocycles. The van der Waals surface area contributed by atoms with Crippen molar-refractivity contribution in [3.05, 3.63) is 46.4 Å². The molecule has 0 spiro atoms. The predicted molar refractivity (Wildman–Crippen MR) is 157 cm³/mol. The number of carbonyl (C=O) groups is 2. The Balaban J connectivity index is 0.00000420. The number of amides is 1. The van der Waals surface area contributed by atoms with Crippen molar-refractivity contribution in [1.29, 1.82) is 0 Å². The van der Waals surface area contributed by atoms with Crippen LogP contribution in [0.4, 0.5) is 11.4 Å². The summed E-state index contributed by atoms with van der Waals surface area (Å²) in [4.78, 5) is 30.5. The predicted octanol–water partition coefficient (Wildman–Crippen LogP) is 5.47. The van der Waals surface area contributed by atoms with Crippen molar-refractivity contribution >= 4 is 58.9 Å². The molecule has 2 aliphatic heterocycles. The maximum Gasteiger partial charge on any atom is 0.305 e. The van der Waals surface area contributed by atoms with Gasteiger partial charge in [-0.25, -0.2) is 0 Å². The van der Waals surface area contributed by atoms with Gasteiger partial charge in [0.15, 0.2) is 6.61 Å². The van der Waals surface area contributed by atoms with Crippen molar-refractivity contribution in [2.24, 2.45) is 0 Å². The van der Waals surface area contributed by atoms with Crippen LogP contribution in [0, 0.1) is 0 Å². The number of benzene rings is 2. The van der Waals surface area contributed by atoms with Crippen molar-refractivity contribution in [3.63, 3.8) is 0 Å². The van der Waals surface area contributed by atoms with Gasteiger partial charge in [0, 0.05) is 45.2 Å². The monoisotopic (exact) mass is 599 g/mol. The third-order valence-corrected chi connectivity index (χ3v) is 7.53. The molecular formula is C28H36Cl3N3O5. The van der Waals surface area contributed by atoms with Crippen LogP contribution in [0.25, 0.3) is 0 Å². The van der Waals surface area contributed by atoms with E-state index in [0.717, 1.165) is 51.3 Å². The Morgan fingerprint density at radius 2 is 1.79 bits per heavy atom. The molecule has 2 aliphatic rings. The van der Waals surface area contributed by atoms with E-state index < -0.39 is 0 Å². The summed E-state index contributed by atoms with van der Waals surface area (Å²) in [5.74, 6) is 0.963. The van der Waals surface area contributed by atoms with Gasteiger partial charge < -0.3 is 24.0 Å². The van der Waals surface area contributed by atoms with E-state index in [2.05, 4.69) is 9.80 Å². The van der Waals surface area contributed by atoms with Gasteiger partial charge in [0.25, 0.3) is 5.91 Å². The molecule has 0 aromatic heterocycles. The van der Waals surface area contributed by atoms with Gasteiger partial charge in [0.05, 0.1) is 34.6 Å². The molecule has 0 atom stereocenters. The fourth-order valence-electron chi connectivity index (χ4n) is 4.71. The van der Waals surface area contributed by atoms with Crippen LogP contribution in [0.5, 0.6) is 11.5 Å². The van der Waals surface area contributed by atoms with Gasteiger partial charge in [-0.15, -0.1) is 12.4 Å². The van der Waals surface area contributed by atoms with E-state index in [0.29, 0.717) is 53.4 Å². The quantitative estimate of drug-likeness (QED) is 0.237. The van der Waals surface area contributed by atoms with Crippen molar-refractivity contribution in [1.82, 2.24) is 4.90 Å². The maximum absolute atomic E-state index is 12.5. The lowest BCUT2D eigenvalue weighted by Crippen LogP contribution is -2.46. The standard InChI is InChI=1S/C28H35Cl2N3O5.ClH/c1-2-36-27(35)9-6-13-33-24-19-21(10-11-25(24)38-20-26(33)34)37-18-4-3-12-31-14-16-32(17-15-31)23-8-5-7-22(29)28(23)30;/h5,7-8,10-11,19H,2-4,6,9,12-18,20H2,1H3;1H. The van der Waals surface area contributed by atoms with Crippen molar-refractivity contribution < 1.29 is 23.8 Å². The first-order valence-electron chi connectivity index (χ1n) is 13.2. The molecule has 1 amide bonds. The topological polar surface area (TPSA) is 71.5 Å². The molecule has 1 fully saturated rings. The molecule has 0 bridgehead atoms. The van der Waals surface area contributed by atoms with Crippen LogP contribution in [0.3, 0.4) is 0 Å². The molecule has 0 aliphatic carbocycles. The van der Waals surface area contributed by atoms with Crippen molar-refractivity contribution in [2.75, 3.05) is 68.9 Å². The Morgan fingerprint density at radius 3 is 2.56 bits per heavy atom. The molecule has 2 aromatic carbocycles. The number of esters is 1. The summed E-state index contributed by atoms with van der Waals surface area (Å²) in [6, 6.07) is 11.3. The van der Waals surface area contributed by atoms with Crippen LogP contribution in [-0.4, -0.2) is 75.9 Å².